The van der Waals surface area contributed by atoms with Crippen molar-refractivity contribution in [1.82, 2.24) is 4.98 Å². The third kappa shape index (κ3) is 3.10. The highest BCUT2D eigenvalue weighted by Gasteiger charge is 2.11. The van der Waals surface area contributed by atoms with E-state index in [1.807, 2.05) is 24.3 Å². The van der Waals surface area contributed by atoms with E-state index in [1.165, 1.54) is 6.20 Å². The van der Waals surface area contributed by atoms with Gasteiger partial charge in [0.2, 0.25) is 0 Å². The van der Waals surface area contributed by atoms with Crippen LogP contribution in [0.1, 0.15) is 29.3 Å². The number of anilines is 2. The van der Waals surface area contributed by atoms with Crippen molar-refractivity contribution >= 4 is 17.3 Å². The largest absolute Gasteiger partial charge is 0.397 e. The van der Waals surface area contributed by atoms with Crippen molar-refractivity contribution in [1.29, 1.82) is 0 Å². The number of nitrogen functional groups attached to an aromatic ring is 1. The fraction of sp³-hybridized carbons (Fsp3) is 0.200. The molecule has 0 fully saturated rings. The smallest absolute Gasteiger partial charge is 0.257 e. The first-order valence-electron chi connectivity index (χ1n) is 6.31. The van der Waals surface area contributed by atoms with E-state index in [2.05, 4.69) is 17.2 Å². The molecule has 1 aromatic carbocycles. The average molecular weight is 255 g/mol. The van der Waals surface area contributed by atoms with E-state index in [0.29, 0.717) is 11.3 Å². The van der Waals surface area contributed by atoms with Gasteiger partial charge in [0, 0.05) is 11.9 Å². The Hall–Kier alpha value is -2.36. The van der Waals surface area contributed by atoms with Crippen molar-refractivity contribution in [3.63, 3.8) is 0 Å². The highest BCUT2D eigenvalue weighted by molar-refractivity contribution is 6.07. The Balaban J connectivity index is 2.22. The van der Waals surface area contributed by atoms with Crippen LogP contribution in [0.2, 0.25) is 0 Å². The van der Waals surface area contributed by atoms with Crippen molar-refractivity contribution in [2.75, 3.05) is 11.1 Å². The molecule has 0 aliphatic rings. The van der Waals surface area contributed by atoms with E-state index in [0.717, 1.165) is 24.1 Å². The topological polar surface area (TPSA) is 68.0 Å². The Kier molecular flexibility index (Phi) is 4.13. The summed E-state index contributed by atoms with van der Waals surface area (Å²) >= 11 is 0. The van der Waals surface area contributed by atoms with Gasteiger partial charge in [-0.15, -0.1) is 0 Å². The number of hydrogen-bond acceptors (Lipinski definition) is 3. The first kappa shape index (κ1) is 13.1. The third-order valence-electron chi connectivity index (χ3n) is 2.88. The molecule has 0 unspecified atom stereocenters. The molecule has 0 atom stereocenters. The lowest BCUT2D eigenvalue weighted by Gasteiger charge is -2.11. The van der Waals surface area contributed by atoms with Crippen LogP contribution in [-0.4, -0.2) is 10.9 Å². The number of benzene rings is 1. The van der Waals surface area contributed by atoms with Crippen LogP contribution in [0.15, 0.2) is 42.7 Å². The minimum absolute atomic E-state index is 0.205. The molecule has 0 bridgehead atoms. The molecule has 0 aliphatic heterocycles. The monoisotopic (exact) mass is 255 g/mol. The molecule has 3 N–H and O–H groups in total. The van der Waals surface area contributed by atoms with Crippen LogP contribution in [0.4, 0.5) is 11.4 Å². The first-order valence-corrected chi connectivity index (χ1v) is 6.31. The molecular formula is C15H17N3O. The molecule has 1 amide bonds. The van der Waals surface area contributed by atoms with Gasteiger partial charge in [-0.25, -0.2) is 0 Å². The van der Waals surface area contributed by atoms with Gasteiger partial charge in [-0.1, -0.05) is 31.5 Å². The van der Waals surface area contributed by atoms with E-state index in [-0.39, 0.29) is 5.91 Å². The Bertz CT molecular complexity index is 581. The summed E-state index contributed by atoms with van der Waals surface area (Å²) in [6, 6.07) is 9.43. The molecule has 1 aromatic heterocycles. The second-order valence-corrected chi connectivity index (χ2v) is 4.32. The van der Waals surface area contributed by atoms with Crippen LogP contribution in [0.5, 0.6) is 0 Å². The Morgan fingerprint density at radius 1 is 1.32 bits per heavy atom. The van der Waals surface area contributed by atoms with Gasteiger partial charge in [0.15, 0.2) is 0 Å². The highest BCUT2D eigenvalue weighted by atomic mass is 16.1. The standard InChI is InChI=1S/C15H17N3O/c1-2-5-11-6-3-4-7-14(11)18-15(19)12-8-9-17-10-13(12)16/h3-4,6-10H,2,5,16H2,1H3,(H,18,19). The average Bonchev–Trinajstić information content (AvgIpc) is 2.41. The van der Waals surface area contributed by atoms with Gasteiger partial charge in [-0.2, -0.15) is 0 Å². The van der Waals surface area contributed by atoms with E-state index < -0.39 is 0 Å². The Morgan fingerprint density at radius 3 is 2.84 bits per heavy atom. The molecule has 0 saturated heterocycles. The normalized spacial score (nSPS) is 10.2. The summed E-state index contributed by atoms with van der Waals surface area (Å²) in [5, 5.41) is 2.91. The Labute approximate surface area is 112 Å². The molecule has 98 valence electrons. The summed E-state index contributed by atoms with van der Waals surface area (Å²) < 4.78 is 0. The molecule has 0 aliphatic carbocycles. The predicted molar refractivity (Wildman–Crippen MR) is 77.0 cm³/mol. The molecule has 2 rings (SSSR count). The molecule has 0 radical (unpaired) electrons. The first-order chi connectivity index (χ1) is 9.22. The summed E-state index contributed by atoms with van der Waals surface area (Å²) in [4.78, 5) is 16.0. The number of pyridine rings is 1. The Morgan fingerprint density at radius 2 is 2.11 bits per heavy atom. The van der Waals surface area contributed by atoms with Gasteiger partial charge in [-0.05, 0) is 24.1 Å². The van der Waals surface area contributed by atoms with E-state index in [1.54, 1.807) is 12.3 Å². The van der Waals surface area contributed by atoms with Gasteiger partial charge in [0.1, 0.15) is 0 Å². The maximum Gasteiger partial charge on any atom is 0.257 e. The van der Waals surface area contributed by atoms with Gasteiger partial charge in [0.25, 0.3) is 5.91 Å². The SMILES string of the molecule is CCCc1ccccc1NC(=O)c1ccncc1N. The minimum atomic E-state index is -0.205. The molecule has 0 spiro atoms. The number of carbonyl (C=O) groups excluding carboxylic acids is 1. The summed E-state index contributed by atoms with van der Waals surface area (Å²) in [7, 11) is 0. The van der Waals surface area contributed by atoms with E-state index in [9.17, 15) is 4.79 Å². The number of aryl methyl sites for hydroxylation is 1. The van der Waals surface area contributed by atoms with Crippen LogP contribution < -0.4 is 11.1 Å². The van der Waals surface area contributed by atoms with Gasteiger partial charge >= 0.3 is 0 Å². The quantitative estimate of drug-likeness (QED) is 0.882. The van der Waals surface area contributed by atoms with Crippen LogP contribution in [0.25, 0.3) is 0 Å². The number of nitrogens with one attached hydrogen (secondary N) is 1. The van der Waals surface area contributed by atoms with Crippen molar-refractivity contribution in [2.45, 2.75) is 19.8 Å². The van der Waals surface area contributed by atoms with Crippen LogP contribution in [0.3, 0.4) is 0 Å². The third-order valence-corrected chi connectivity index (χ3v) is 2.88. The number of hydrogen-bond donors (Lipinski definition) is 2. The number of para-hydroxylation sites is 1. The highest BCUT2D eigenvalue weighted by Crippen LogP contribution is 2.19. The molecule has 4 nitrogen and oxygen atoms in total. The van der Waals surface area contributed by atoms with Crippen LogP contribution in [-0.2, 0) is 6.42 Å². The number of aromatic nitrogens is 1. The number of amides is 1. The fourth-order valence-corrected chi connectivity index (χ4v) is 1.93. The summed E-state index contributed by atoms with van der Waals surface area (Å²) in [6.07, 6.45) is 5.00. The zero-order valence-electron chi connectivity index (χ0n) is 10.9. The maximum absolute atomic E-state index is 12.2. The van der Waals surface area contributed by atoms with Gasteiger partial charge < -0.3 is 11.1 Å². The maximum atomic E-state index is 12.2. The number of carbonyl (C=O) groups is 1. The molecular weight excluding hydrogens is 238 g/mol. The predicted octanol–water partition coefficient (Wildman–Crippen LogP) is 2.87. The molecule has 19 heavy (non-hydrogen) atoms. The lowest BCUT2D eigenvalue weighted by molar-refractivity contribution is 0.102. The molecule has 0 saturated carbocycles. The van der Waals surface area contributed by atoms with Crippen LogP contribution in [0, 0.1) is 0 Å². The van der Waals surface area contributed by atoms with Crippen molar-refractivity contribution in [3.05, 3.63) is 53.9 Å². The fourth-order valence-electron chi connectivity index (χ4n) is 1.93. The van der Waals surface area contributed by atoms with Gasteiger partial charge in [-0.3, -0.25) is 9.78 Å². The van der Waals surface area contributed by atoms with Gasteiger partial charge in [0.05, 0.1) is 17.4 Å². The molecule has 2 aromatic rings. The van der Waals surface area contributed by atoms with Crippen LogP contribution >= 0.6 is 0 Å². The minimum Gasteiger partial charge on any atom is -0.397 e. The second-order valence-electron chi connectivity index (χ2n) is 4.32. The second kappa shape index (κ2) is 6.00. The lowest BCUT2D eigenvalue weighted by atomic mass is 10.1. The summed E-state index contributed by atoms with van der Waals surface area (Å²) in [6.45, 7) is 2.11. The zero-order valence-corrected chi connectivity index (χ0v) is 10.9. The number of nitrogens with zero attached hydrogens (tertiary/aromatic N) is 1. The summed E-state index contributed by atoms with van der Waals surface area (Å²) in [5.74, 6) is -0.205. The molecule has 1 heterocycles. The number of nitrogens with two attached hydrogens (primary N) is 1. The number of rotatable bonds is 4. The van der Waals surface area contributed by atoms with Crippen molar-refractivity contribution in [2.24, 2.45) is 0 Å². The summed E-state index contributed by atoms with van der Waals surface area (Å²) in [5.41, 5.74) is 8.55. The lowest BCUT2D eigenvalue weighted by Crippen LogP contribution is -2.15. The zero-order chi connectivity index (χ0) is 13.7. The van der Waals surface area contributed by atoms with Crippen molar-refractivity contribution in [3.8, 4) is 0 Å². The van der Waals surface area contributed by atoms with Crippen molar-refractivity contribution < 1.29 is 4.79 Å². The van der Waals surface area contributed by atoms with E-state index in [4.69, 9.17) is 5.73 Å². The van der Waals surface area contributed by atoms with E-state index >= 15 is 0 Å². The molecule has 4 heteroatoms.